The number of likely N-dealkylation sites (N-methyl/N-ethyl adjacent to an activating group) is 1. The third-order valence-corrected chi connectivity index (χ3v) is 3.43. The summed E-state index contributed by atoms with van der Waals surface area (Å²) in [5.41, 5.74) is 6.86. The molecule has 2 N–H and O–H groups in total. The lowest BCUT2D eigenvalue weighted by Gasteiger charge is -2.36. The van der Waals surface area contributed by atoms with Crippen LogP contribution in [0.3, 0.4) is 0 Å². The number of fused-ring (bicyclic) bond motifs is 1. The average Bonchev–Trinajstić information content (AvgIpc) is 2.41. The minimum atomic E-state index is -0.587. The summed E-state index contributed by atoms with van der Waals surface area (Å²) in [6, 6.07) is 5.12. The molecule has 1 aliphatic heterocycles. The van der Waals surface area contributed by atoms with E-state index in [4.69, 9.17) is 10.5 Å². The van der Waals surface area contributed by atoms with Crippen LogP contribution in [0.4, 0.5) is 11.4 Å². The van der Waals surface area contributed by atoms with E-state index < -0.39 is 6.10 Å². The zero-order valence-corrected chi connectivity index (χ0v) is 12.8. The van der Waals surface area contributed by atoms with Gasteiger partial charge in [0.25, 0.3) is 5.91 Å². The van der Waals surface area contributed by atoms with E-state index in [9.17, 15) is 9.59 Å². The van der Waals surface area contributed by atoms with Crippen molar-refractivity contribution in [3.8, 4) is 5.75 Å². The number of amides is 2. The molecule has 114 valence electrons. The van der Waals surface area contributed by atoms with Crippen LogP contribution in [0.25, 0.3) is 0 Å². The zero-order valence-electron chi connectivity index (χ0n) is 12.8. The maximum atomic E-state index is 12.6. The first kappa shape index (κ1) is 15.2. The standard InChI is InChI=1S/C15H21N3O3/c1-9(2)14-15(20)18(8-13(19)17(3)4)11-7-10(16)5-6-12(11)21-14/h5-7,9,14H,8,16H2,1-4H3. The largest absolute Gasteiger partial charge is 0.478 e. The Morgan fingerprint density at radius 2 is 2.10 bits per heavy atom. The van der Waals surface area contributed by atoms with Crippen molar-refractivity contribution in [2.45, 2.75) is 20.0 Å². The van der Waals surface area contributed by atoms with E-state index >= 15 is 0 Å². The van der Waals surface area contributed by atoms with E-state index in [1.165, 1.54) is 9.80 Å². The van der Waals surface area contributed by atoms with E-state index in [1.807, 2.05) is 13.8 Å². The van der Waals surface area contributed by atoms with Crippen molar-refractivity contribution in [3.05, 3.63) is 18.2 Å². The van der Waals surface area contributed by atoms with Crippen molar-refractivity contribution in [2.75, 3.05) is 31.3 Å². The van der Waals surface area contributed by atoms with Crippen molar-refractivity contribution in [1.29, 1.82) is 0 Å². The van der Waals surface area contributed by atoms with Gasteiger partial charge in [0.05, 0.1) is 5.69 Å². The molecule has 0 fully saturated rings. The number of hydrogen-bond acceptors (Lipinski definition) is 4. The average molecular weight is 291 g/mol. The summed E-state index contributed by atoms with van der Waals surface area (Å²) in [5, 5.41) is 0. The Hall–Kier alpha value is -2.24. The second-order valence-corrected chi connectivity index (χ2v) is 5.72. The lowest BCUT2D eigenvalue weighted by atomic mass is 10.0. The summed E-state index contributed by atoms with van der Waals surface area (Å²) >= 11 is 0. The van der Waals surface area contributed by atoms with Gasteiger partial charge in [0.1, 0.15) is 12.3 Å². The molecule has 1 heterocycles. The molecular formula is C15H21N3O3. The number of hydrogen-bond donors (Lipinski definition) is 1. The summed E-state index contributed by atoms with van der Waals surface area (Å²) < 4.78 is 5.76. The van der Waals surface area contributed by atoms with Crippen LogP contribution in [-0.4, -0.2) is 43.5 Å². The molecule has 21 heavy (non-hydrogen) atoms. The van der Waals surface area contributed by atoms with Gasteiger partial charge in [-0.05, 0) is 24.1 Å². The number of anilines is 2. The van der Waals surface area contributed by atoms with Gasteiger partial charge in [-0.2, -0.15) is 0 Å². The van der Waals surface area contributed by atoms with Gasteiger partial charge in [-0.3, -0.25) is 14.5 Å². The fraction of sp³-hybridized carbons (Fsp3) is 0.467. The second kappa shape index (κ2) is 5.63. The van der Waals surface area contributed by atoms with Crippen molar-refractivity contribution >= 4 is 23.2 Å². The molecule has 0 saturated heterocycles. The molecule has 1 aromatic carbocycles. The van der Waals surface area contributed by atoms with E-state index in [1.54, 1.807) is 32.3 Å². The van der Waals surface area contributed by atoms with E-state index in [0.29, 0.717) is 17.1 Å². The van der Waals surface area contributed by atoms with Crippen molar-refractivity contribution < 1.29 is 14.3 Å². The van der Waals surface area contributed by atoms with Crippen molar-refractivity contribution in [3.63, 3.8) is 0 Å². The number of carbonyl (C=O) groups is 2. The first-order valence-electron chi connectivity index (χ1n) is 6.89. The van der Waals surface area contributed by atoms with Gasteiger partial charge < -0.3 is 15.4 Å². The summed E-state index contributed by atoms with van der Waals surface area (Å²) in [4.78, 5) is 27.5. The molecule has 0 radical (unpaired) electrons. The number of nitrogens with two attached hydrogens (primary N) is 1. The third kappa shape index (κ3) is 2.94. The van der Waals surface area contributed by atoms with E-state index in [-0.39, 0.29) is 24.3 Å². The van der Waals surface area contributed by atoms with Crippen LogP contribution in [0.5, 0.6) is 5.75 Å². The molecule has 1 atom stereocenters. The molecule has 0 saturated carbocycles. The fourth-order valence-electron chi connectivity index (χ4n) is 2.17. The highest BCUT2D eigenvalue weighted by Crippen LogP contribution is 2.37. The van der Waals surface area contributed by atoms with Crippen LogP contribution >= 0.6 is 0 Å². The first-order valence-corrected chi connectivity index (χ1v) is 6.89. The van der Waals surface area contributed by atoms with E-state index in [0.717, 1.165) is 0 Å². The molecule has 2 rings (SSSR count). The van der Waals surface area contributed by atoms with Gasteiger partial charge in [-0.15, -0.1) is 0 Å². The number of nitrogen functional groups attached to an aromatic ring is 1. The molecule has 1 unspecified atom stereocenters. The summed E-state index contributed by atoms with van der Waals surface area (Å²) in [6.45, 7) is 3.81. The second-order valence-electron chi connectivity index (χ2n) is 5.72. The Balaban J connectivity index is 2.42. The van der Waals surface area contributed by atoms with Gasteiger partial charge in [0, 0.05) is 19.8 Å². The minimum absolute atomic E-state index is 0.0140. The van der Waals surface area contributed by atoms with Crippen molar-refractivity contribution in [1.82, 2.24) is 4.90 Å². The fourth-order valence-corrected chi connectivity index (χ4v) is 2.17. The molecule has 6 nitrogen and oxygen atoms in total. The molecule has 0 spiro atoms. The van der Waals surface area contributed by atoms with Crippen LogP contribution in [0.1, 0.15) is 13.8 Å². The summed E-state index contributed by atoms with van der Waals surface area (Å²) in [5.74, 6) is 0.230. The van der Waals surface area contributed by atoms with Crippen LogP contribution < -0.4 is 15.4 Å². The highest BCUT2D eigenvalue weighted by molar-refractivity contribution is 6.04. The molecule has 0 aliphatic carbocycles. The Morgan fingerprint density at radius 1 is 1.43 bits per heavy atom. The Labute approximate surface area is 124 Å². The Morgan fingerprint density at radius 3 is 2.67 bits per heavy atom. The number of nitrogens with zero attached hydrogens (tertiary/aromatic N) is 2. The molecule has 1 aromatic rings. The van der Waals surface area contributed by atoms with Gasteiger partial charge in [-0.1, -0.05) is 13.8 Å². The van der Waals surface area contributed by atoms with Crippen LogP contribution in [0.2, 0.25) is 0 Å². The first-order chi connectivity index (χ1) is 9.81. The minimum Gasteiger partial charge on any atom is -0.478 e. The van der Waals surface area contributed by atoms with Crippen LogP contribution in [0, 0.1) is 5.92 Å². The number of rotatable bonds is 3. The van der Waals surface area contributed by atoms with Gasteiger partial charge in [-0.25, -0.2) is 0 Å². The topological polar surface area (TPSA) is 75.9 Å². The van der Waals surface area contributed by atoms with E-state index in [2.05, 4.69) is 0 Å². The SMILES string of the molecule is CC(C)C1Oc2ccc(N)cc2N(CC(=O)N(C)C)C1=O. The highest BCUT2D eigenvalue weighted by Gasteiger charge is 2.37. The maximum absolute atomic E-state index is 12.6. The predicted molar refractivity (Wildman–Crippen MR) is 81.2 cm³/mol. The Bertz CT molecular complexity index is 569. The number of ether oxygens (including phenoxy) is 1. The summed E-state index contributed by atoms with van der Waals surface area (Å²) in [7, 11) is 3.32. The smallest absolute Gasteiger partial charge is 0.268 e. The third-order valence-electron chi connectivity index (χ3n) is 3.43. The lowest BCUT2D eigenvalue weighted by molar-refractivity contribution is -0.132. The monoisotopic (exact) mass is 291 g/mol. The predicted octanol–water partition coefficient (Wildman–Crippen LogP) is 1.11. The maximum Gasteiger partial charge on any atom is 0.268 e. The van der Waals surface area contributed by atoms with Gasteiger partial charge in [0.2, 0.25) is 5.91 Å². The molecule has 0 bridgehead atoms. The molecule has 0 aromatic heterocycles. The Kier molecular flexibility index (Phi) is 4.06. The highest BCUT2D eigenvalue weighted by atomic mass is 16.5. The quantitative estimate of drug-likeness (QED) is 0.846. The lowest BCUT2D eigenvalue weighted by Crippen LogP contribution is -2.51. The number of benzene rings is 1. The summed E-state index contributed by atoms with van der Waals surface area (Å²) in [6.07, 6.45) is -0.587. The zero-order chi connectivity index (χ0) is 15.7. The van der Waals surface area contributed by atoms with Crippen molar-refractivity contribution in [2.24, 2.45) is 5.92 Å². The molecule has 6 heteroatoms. The van der Waals surface area contributed by atoms with Crippen LogP contribution in [0.15, 0.2) is 18.2 Å². The molecule has 2 amide bonds. The molecular weight excluding hydrogens is 270 g/mol. The normalized spacial score (nSPS) is 17.5. The molecule has 1 aliphatic rings. The van der Waals surface area contributed by atoms with Crippen LogP contribution in [-0.2, 0) is 9.59 Å². The van der Waals surface area contributed by atoms with Gasteiger partial charge >= 0.3 is 0 Å². The number of carbonyl (C=O) groups excluding carboxylic acids is 2. The van der Waals surface area contributed by atoms with Gasteiger partial charge in [0.15, 0.2) is 6.10 Å².